The van der Waals surface area contributed by atoms with E-state index < -0.39 is 0 Å². The van der Waals surface area contributed by atoms with Crippen LogP contribution in [-0.4, -0.2) is 29.0 Å². The van der Waals surface area contributed by atoms with Crippen LogP contribution in [0.1, 0.15) is 43.2 Å². The lowest BCUT2D eigenvalue weighted by Gasteiger charge is -2.44. The van der Waals surface area contributed by atoms with Gasteiger partial charge in [0.05, 0.1) is 0 Å². The average molecular weight is 254 g/mol. The number of hydrogen-bond donors (Lipinski definition) is 1. The Morgan fingerprint density at radius 1 is 1.37 bits per heavy atom. The smallest absolute Gasteiger partial charge is 0.0459 e. The van der Waals surface area contributed by atoms with E-state index in [9.17, 15) is 0 Å². The van der Waals surface area contributed by atoms with E-state index in [1.165, 1.54) is 55.2 Å². The first-order valence-corrected chi connectivity index (χ1v) is 7.71. The molecule has 1 aliphatic carbocycles. The van der Waals surface area contributed by atoms with Crippen molar-refractivity contribution < 1.29 is 0 Å². The van der Waals surface area contributed by atoms with Gasteiger partial charge in [0.2, 0.25) is 0 Å². The summed E-state index contributed by atoms with van der Waals surface area (Å²) in [5.74, 6) is 0.757. The van der Waals surface area contributed by atoms with Crippen molar-refractivity contribution in [2.45, 2.75) is 44.6 Å². The molecule has 2 aromatic rings. The van der Waals surface area contributed by atoms with Crippen molar-refractivity contribution in [1.82, 2.24) is 9.88 Å². The van der Waals surface area contributed by atoms with E-state index >= 15 is 0 Å². The monoisotopic (exact) mass is 254 g/mol. The quantitative estimate of drug-likeness (QED) is 0.866. The molecule has 2 heteroatoms. The standard InChI is InChI=1S/C17H22N2/c1-2-8-19-9-4-6-13-14-5-3-7-15-17(14)12(11-18-15)10-16(13)19/h3,5,7,11,13,16,18H,2,4,6,8-10H2,1H3/t13-,16-/m1/s1. The number of benzene rings is 1. The molecule has 1 saturated heterocycles. The molecule has 2 heterocycles. The molecule has 4 rings (SSSR count). The summed E-state index contributed by atoms with van der Waals surface area (Å²) in [6.45, 7) is 4.86. The van der Waals surface area contributed by atoms with E-state index in [4.69, 9.17) is 0 Å². The van der Waals surface area contributed by atoms with Crippen LogP contribution in [0.15, 0.2) is 24.4 Å². The Kier molecular flexibility index (Phi) is 2.66. The highest BCUT2D eigenvalue weighted by molar-refractivity contribution is 5.88. The molecule has 1 aromatic carbocycles. The van der Waals surface area contributed by atoms with E-state index in [2.05, 4.69) is 41.2 Å². The third kappa shape index (κ3) is 1.66. The van der Waals surface area contributed by atoms with Gasteiger partial charge in [0, 0.05) is 29.1 Å². The van der Waals surface area contributed by atoms with Crippen LogP contribution in [0.5, 0.6) is 0 Å². The van der Waals surface area contributed by atoms with Crippen molar-refractivity contribution >= 4 is 10.9 Å². The summed E-state index contributed by atoms with van der Waals surface area (Å²) in [4.78, 5) is 6.20. The second-order valence-electron chi connectivity index (χ2n) is 6.14. The molecule has 1 N–H and O–H groups in total. The minimum Gasteiger partial charge on any atom is -0.361 e. The van der Waals surface area contributed by atoms with Crippen LogP contribution in [0.4, 0.5) is 0 Å². The molecular weight excluding hydrogens is 232 g/mol. The van der Waals surface area contributed by atoms with Crippen molar-refractivity contribution in [3.8, 4) is 0 Å². The predicted molar refractivity (Wildman–Crippen MR) is 79.6 cm³/mol. The Hall–Kier alpha value is -1.28. The molecule has 1 aromatic heterocycles. The number of H-pyrrole nitrogens is 1. The second kappa shape index (κ2) is 4.38. The number of nitrogens with one attached hydrogen (secondary N) is 1. The molecule has 2 atom stereocenters. The number of nitrogens with zero attached hydrogens (tertiary/aromatic N) is 1. The largest absolute Gasteiger partial charge is 0.361 e. The van der Waals surface area contributed by atoms with E-state index in [0.29, 0.717) is 0 Å². The topological polar surface area (TPSA) is 19.0 Å². The summed E-state index contributed by atoms with van der Waals surface area (Å²) >= 11 is 0. The highest BCUT2D eigenvalue weighted by atomic mass is 15.2. The van der Waals surface area contributed by atoms with Gasteiger partial charge in [-0.05, 0) is 56.0 Å². The van der Waals surface area contributed by atoms with Crippen molar-refractivity contribution in [1.29, 1.82) is 0 Å². The van der Waals surface area contributed by atoms with Crippen molar-refractivity contribution in [3.63, 3.8) is 0 Å². The first kappa shape index (κ1) is 11.5. The van der Waals surface area contributed by atoms with Gasteiger partial charge >= 0.3 is 0 Å². The Labute approximate surface area is 114 Å². The highest BCUT2D eigenvalue weighted by Crippen LogP contribution is 2.43. The molecule has 0 spiro atoms. The Morgan fingerprint density at radius 2 is 2.32 bits per heavy atom. The molecule has 0 unspecified atom stereocenters. The van der Waals surface area contributed by atoms with Gasteiger partial charge in [0.1, 0.15) is 0 Å². The molecule has 2 nitrogen and oxygen atoms in total. The maximum Gasteiger partial charge on any atom is 0.0459 e. The first-order valence-electron chi connectivity index (χ1n) is 7.71. The lowest BCUT2D eigenvalue weighted by molar-refractivity contribution is 0.124. The zero-order valence-electron chi connectivity index (χ0n) is 11.7. The zero-order valence-corrected chi connectivity index (χ0v) is 11.7. The van der Waals surface area contributed by atoms with Gasteiger partial charge in [-0.2, -0.15) is 0 Å². The van der Waals surface area contributed by atoms with Crippen molar-refractivity contribution in [2.75, 3.05) is 13.1 Å². The van der Waals surface area contributed by atoms with Crippen LogP contribution in [0.3, 0.4) is 0 Å². The molecule has 0 bridgehead atoms. The maximum absolute atomic E-state index is 3.46. The van der Waals surface area contributed by atoms with Crippen LogP contribution in [0.25, 0.3) is 10.9 Å². The summed E-state index contributed by atoms with van der Waals surface area (Å²) < 4.78 is 0. The fourth-order valence-electron chi connectivity index (χ4n) is 4.31. The minimum absolute atomic E-state index is 0.739. The third-order valence-corrected chi connectivity index (χ3v) is 5.05. The first-order chi connectivity index (χ1) is 9.38. The molecule has 0 amide bonds. The average Bonchev–Trinajstić information content (AvgIpc) is 2.85. The van der Waals surface area contributed by atoms with E-state index in [0.717, 1.165) is 12.0 Å². The zero-order chi connectivity index (χ0) is 12.8. The number of hydrogen-bond acceptors (Lipinski definition) is 1. The Bertz CT molecular complexity index is 596. The van der Waals surface area contributed by atoms with Crippen LogP contribution in [0.2, 0.25) is 0 Å². The molecule has 0 radical (unpaired) electrons. The summed E-state index contributed by atoms with van der Waals surface area (Å²) in [7, 11) is 0. The number of likely N-dealkylation sites (tertiary alicyclic amines) is 1. The summed E-state index contributed by atoms with van der Waals surface area (Å²) in [5.41, 5.74) is 4.47. The van der Waals surface area contributed by atoms with Crippen LogP contribution in [-0.2, 0) is 6.42 Å². The van der Waals surface area contributed by atoms with Crippen molar-refractivity contribution in [3.05, 3.63) is 35.5 Å². The van der Waals surface area contributed by atoms with Gasteiger partial charge in [-0.15, -0.1) is 0 Å². The van der Waals surface area contributed by atoms with Gasteiger partial charge in [0.15, 0.2) is 0 Å². The number of fused-ring (bicyclic) bond motifs is 2. The molecule has 19 heavy (non-hydrogen) atoms. The molecule has 100 valence electrons. The van der Waals surface area contributed by atoms with Crippen molar-refractivity contribution in [2.24, 2.45) is 0 Å². The van der Waals surface area contributed by atoms with E-state index in [1.54, 1.807) is 5.56 Å². The molecule has 1 fully saturated rings. The van der Waals surface area contributed by atoms with E-state index in [1.807, 2.05) is 0 Å². The number of rotatable bonds is 2. The maximum atomic E-state index is 3.46. The second-order valence-corrected chi connectivity index (χ2v) is 6.14. The fraction of sp³-hybridized carbons (Fsp3) is 0.529. The van der Waals surface area contributed by atoms with Gasteiger partial charge in [-0.25, -0.2) is 0 Å². The van der Waals surface area contributed by atoms with Gasteiger partial charge in [-0.1, -0.05) is 19.1 Å². The Balaban J connectivity index is 1.81. The SMILES string of the molecule is CCCN1CCC[C@@H]2c3cccc4[nH]cc(c34)C[C@H]21. The lowest BCUT2D eigenvalue weighted by Crippen LogP contribution is -2.46. The summed E-state index contributed by atoms with van der Waals surface area (Å²) in [6.07, 6.45) is 7.48. The molecule has 0 saturated carbocycles. The van der Waals surface area contributed by atoms with Gasteiger partial charge < -0.3 is 4.98 Å². The summed E-state index contributed by atoms with van der Waals surface area (Å²) in [5, 5.41) is 1.53. The third-order valence-electron chi connectivity index (χ3n) is 5.05. The normalized spacial score (nSPS) is 26.6. The van der Waals surface area contributed by atoms with Crippen LogP contribution in [0, 0.1) is 0 Å². The Morgan fingerprint density at radius 3 is 3.21 bits per heavy atom. The van der Waals surface area contributed by atoms with E-state index in [-0.39, 0.29) is 0 Å². The number of piperidine rings is 1. The van der Waals surface area contributed by atoms with Gasteiger partial charge in [-0.3, -0.25) is 4.90 Å². The minimum atomic E-state index is 0.739. The van der Waals surface area contributed by atoms with Crippen LogP contribution >= 0.6 is 0 Å². The van der Waals surface area contributed by atoms with Gasteiger partial charge in [0.25, 0.3) is 0 Å². The predicted octanol–water partition coefficient (Wildman–Crippen LogP) is 3.68. The fourth-order valence-corrected chi connectivity index (χ4v) is 4.31. The van der Waals surface area contributed by atoms with Crippen LogP contribution < -0.4 is 0 Å². The highest BCUT2D eigenvalue weighted by Gasteiger charge is 2.36. The molecular formula is C17H22N2. The summed E-state index contributed by atoms with van der Waals surface area (Å²) in [6, 6.07) is 7.54. The molecule has 1 aliphatic heterocycles. The molecule has 2 aliphatic rings. The number of aromatic nitrogens is 1. The lowest BCUT2D eigenvalue weighted by atomic mass is 9.75. The number of aromatic amines is 1.